The molecule has 0 saturated carbocycles. The lowest BCUT2D eigenvalue weighted by Crippen LogP contribution is -2.30. The first kappa shape index (κ1) is 16.1. The number of pyridine rings is 1. The van der Waals surface area contributed by atoms with E-state index in [0.29, 0.717) is 11.3 Å². The lowest BCUT2D eigenvalue weighted by Gasteiger charge is -2.29. The van der Waals surface area contributed by atoms with Crippen LogP contribution in [0.25, 0.3) is 10.8 Å². The molecule has 2 heterocycles. The first-order valence-corrected chi connectivity index (χ1v) is 8.14. The molecule has 0 spiro atoms. The van der Waals surface area contributed by atoms with Gasteiger partial charge >= 0.3 is 0 Å². The van der Waals surface area contributed by atoms with Crippen molar-refractivity contribution in [1.29, 1.82) is 0 Å². The number of benzene rings is 1. The Hall–Kier alpha value is -2.74. The fourth-order valence-electron chi connectivity index (χ4n) is 3.21. The zero-order valence-electron chi connectivity index (χ0n) is 14.1. The number of nitrogens with zero attached hydrogens (tertiary/aromatic N) is 2. The predicted molar refractivity (Wildman–Crippen MR) is 95.4 cm³/mol. The zero-order valence-corrected chi connectivity index (χ0v) is 14.1. The standard InChI is InChI=1S/C19H21N3O2/c1-3-7-13-12-21-19(22-8-5-4-6-9-22)15-11-17(24-2)16(18(20)23)10-14(13)15/h10-12H,4-6,8-9H2,1-2H3,(H2,20,23). The van der Waals surface area contributed by atoms with Crippen LogP contribution in [0.4, 0.5) is 5.82 Å². The van der Waals surface area contributed by atoms with E-state index >= 15 is 0 Å². The molecule has 3 rings (SSSR count). The second-order valence-corrected chi connectivity index (χ2v) is 5.88. The molecule has 2 aromatic rings. The molecule has 1 fully saturated rings. The van der Waals surface area contributed by atoms with Gasteiger partial charge in [-0.05, 0) is 38.3 Å². The zero-order chi connectivity index (χ0) is 17.1. The van der Waals surface area contributed by atoms with E-state index in [1.807, 2.05) is 6.07 Å². The molecule has 1 aliphatic heterocycles. The van der Waals surface area contributed by atoms with Crippen LogP contribution in [0.1, 0.15) is 42.1 Å². The van der Waals surface area contributed by atoms with Gasteiger partial charge in [0.15, 0.2) is 0 Å². The smallest absolute Gasteiger partial charge is 0.252 e. The van der Waals surface area contributed by atoms with Crippen molar-refractivity contribution in [2.45, 2.75) is 26.2 Å². The van der Waals surface area contributed by atoms with Gasteiger partial charge in [0.25, 0.3) is 5.91 Å². The van der Waals surface area contributed by atoms with E-state index in [9.17, 15) is 4.79 Å². The first-order valence-electron chi connectivity index (χ1n) is 8.14. The maximum absolute atomic E-state index is 11.8. The number of amides is 1. The summed E-state index contributed by atoms with van der Waals surface area (Å²) in [4.78, 5) is 18.7. The van der Waals surface area contributed by atoms with Gasteiger partial charge in [0.2, 0.25) is 0 Å². The third kappa shape index (κ3) is 2.88. The Bertz CT molecular complexity index is 843. The summed E-state index contributed by atoms with van der Waals surface area (Å²) in [7, 11) is 1.54. The number of ether oxygens (including phenoxy) is 1. The Morgan fingerprint density at radius 3 is 2.62 bits per heavy atom. The number of aromatic nitrogens is 1. The molecule has 124 valence electrons. The number of nitrogens with two attached hydrogens (primary N) is 1. The van der Waals surface area contributed by atoms with Crippen molar-refractivity contribution in [3.05, 3.63) is 29.5 Å². The minimum absolute atomic E-state index is 0.361. The van der Waals surface area contributed by atoms with Crippen molar-refractivity contribution < 1.29 is 9.53 Å². The highest BCUT2D eigenvalue weighted by Crippen LogP contribution is 2.34. The van der Waals surface area contributed by atoms with Crippen LogP contribution in [0.3, 0.4) is 0 Å². The third-order valence-electron chi connectivity index (χ3n) is 4.37. The summed E-state index contributed by atoms with van der Waals surface area (Å²) < 4.78 is 5.37. The van der Waals surface area contributed by atoms with E-state index < -0.39 is 5.91 Å². The van der Waals surface area contributed by atoms with E-state index in [-0.39, 0.29) is 0 Å². The summed E-state index contributed by atoms with van der Waals surface area (Å²) >= 11 is 0. The molecule has 1 aromatic heterocycles. The van der Waals surface area contributed by atoms with E-state index in [0.717, 1.165) is 48.1 Å². The third-order valence-corrected chi connectivity index (χ3v) is 4.37. The number of carbonyl (C=O) groups excluding carboxylic acids is 1. The minimum Gasteiger partial charge on any atom is -0.496 e. The summed E-state index contributed by atoms with van der Waals surface area (Å²) in [5.41, 5.74) is 6.66. The summed E-state index contributed by atoms with van der Waals surface area (Å²) in [5, 5.41) is 1.83. The van der Waals surface area contributed by atoms with E-state index in [4.69, 9.17) is 10.5 Å². The van der Waals surface area contributed by atoms with Crippen LogP contribution < -0.4 is 15.4 Å². The molecule has 0 aliphatic carbocycles. The summed E-state index contributed by atoms with van der Waals surface area (Å²) in [5.74, 6) is 6.83. The monoisotopic (exact) mass is 323 g/mol. The van der Waals surface area contributed by atoms with Crippen LogP contribution in [0, 0.1) is 11.8 Å². The van der Waals surface area contributed by atoms with Crippen molar-refractivity contribution in [2.75, 3.05) is 25.1 Å². The van der Waals surface area contributed by atoms with E-state index in [2.05, 4.69) is 21.7 Å². The highest BCUT2D eigenvalue weighted by Gasteiger charge is 2.19. The summed E-state index contributed by atoms with van der Waals surface area (Å²) in [6.45, 7) is 3.75. The first-order chi connectivity index (χ1) is 11.7. The van der Waals surface area contributed by atoms with Crippen molar-refractivity contribution >= 4 is 22.5 Å². The van der Waals surface area contributed by atoms with Crippen LogP contribution >= 0.6 is 0 Å². The van der Waals surface area contributed by atoms with Crippen LogP contribution in [0.5, 0.6) is 5.75 Å². The van der Waals surface area contributed by atoms with Crippen molar-refractivity contribution in [3.63, 3.8) is 0 Å². The molecular weight excluding hydrogens is 302 g/mol. The molecule has 5 heteroatoms. The number of carbonyl (C=O) groups is 1. The highest BCUT2D eigenvalue weighted by molar-refractivity contribution is 6.05. The quantitative estimate of drug-likeness (QED) is 0.882. The molecule has 5 nitrogen and oxygen atoms in total. The van der Waals surface area contributed by atoms with Crippen molar-refractivity contribution in [1.82, 2.24) is 4.98 Å². The number of hydrogen-bond donors (Lipinski definition) is 1. The molecule has 0 unspecified atom stereocenters. The molecule has 1 amide bonds. The molecule has 1 aliphatic rings. The number of rotatable bonds is 3. The van der Waals surface area contributed by atoms with E-state index in [1.54, 1.807) is 19.2 Å². The van der Waals surface area contributed by atoms with Gasteiger partial charge in [-0.25, -0.2) is 4.98 Å². The second kappa shape index (κ2) is 6.79. The number of primary amides is 1. The Kier molecular flexibility index (Phi) is 4.57. The number of methoxy groups -OCH3 is 1. The van der Waals surface area contributed by atoms with Crippen molar-refractivity contribution in [2.24, 2.45) is 5.73 Å². The van der Waals surface area contributed by atoms with Gasteiger partial charge in [0, 0.05) is 30.1 Å². The van der Waals surface area contributed by atoms with Crippen LogP contribution in [-0.4, -0.2) is 31.1 Å². The lowest BCUT2D eigenvalue weighted by atomic mass is 10.0. The Morgan fingerprint density at radius 2 is 2.00 bits per heavy atom. The van der Waals surface area contributed by atoms with Gasteiger partial charge in [0.1, 0.15) is 11.6 Å². The molecule has 1 aromatic carbocycles. The average molecular weight is 323 g/mol. The Balaban J connectivity index is 2.28. The molecule has 2 N–H and O–H groups in total. The Labute approximate surface area is 141 Å². The number of hydrogen-bond acceptors (Lipinski definition) is 4. The van der Waals surface area contributed by atoms with Gasteiger partial charge in [-0.2, -0.15) is 0 Å². The topological polar surface area (TPSA) is 68.5 Å². The summed E-state index contributed by atoms with van der Waals surface area (Å²) in [6.07, 6.45) is 5.36. The minimum atomic E-state index is -0.513. The maximum atomic E-state index is 11.8. The highest BCUT2D eigenvalue weighted by atomic mass is 16.5. The SMILES string of the molecule is CC#Cc1cnc(N2CCCCC2)c2cc(OC)c(C(N)=O)cc12. The number of anilines is 1. The van der Waals surface area contributed by atoms with Gasteiger partial charge in [-0.1, -0.05) is 5.92 Å². The maximum Gasteiger partial charge on any atom is 0.252 e. The molecule has 0 radical (unpaired) electrons. The molecule has 0 bridgehead atoms. The fraction of sp³-hybridized carbons (Fsp3) is 0.368. The lowest BCUT2D eigenvalue weighted by molar-refractivity contribution is 0.0997. The van der Waals surface area contributed by atoms with Crippen LogP contribution in [0.15, 0.2) is 18.3 Å². The molecule has 1 saturated heterocycles. The van der Waals surface area contributed by atoms with Crippen LogP contribution in [-0.2, 0) is 0 Å². The molecular formula is C19H21N3O2. The normalized spacial score (nSPS) is 14.2. The second-order valence-electron chi connectivity index (χ2n) is 5.88. The molecule has 24 heavy (non-hydrogen) atoms. The van der Waals surface area contributed by atoms with Gasteiger partial charge in [0.05, 0.1) is 18.2 Å². The Morgan fingerprint density at radius 1 is 1.25 bits per heavy atom. The van der Waals surface area contributed by atoms with Gasteiger partial charge in [-0.3, -0.25) is 4.79 Å². The van der Waals surface area contributed by atoms with Gasteiger partial charge < -0.3 is 15.4 Å². The van der Waals surface area contributed by atoms with Crippen molar-refractivity contribution in [3.8, 4) is 17.6 Å². The average Bonchev–Trinajstić information content (AvgIpc) is 2.61. The van der Waals surface area contributed by atoms with Crippen LogP contribution in [0.2, 0.25) is 0 Å². The number of fused-ring (bicyclic) bond motifs is 1. The molecule has 0 atom stereocenters. The van der Waals surface area contributed by atoms with Gasteiger partial charge in [-0.15, -0.1) is 5.92 Å². The largest absolute Gasteiger partial charge is 0.496 e. The van der Waals surface area contributed by atoms with E-state index in [1.165, 1.54) is 13.5 Å². The fourth-order valence-corrected chi connectivity index (χ4v) is 3.21. The number of piperidine rings is 1. The predicted octanol–water partition coefficient (Wildman–Crippen LogP) is 2.70. The summed E-state index contributed by atoms with van der Waals surface area (Å²) in [6, 6.07) is 3.62.